The largest absolute Gasteiger partial charge is 0.458 e. The molecule has 0 amide bonds. The molecule has 1 aromatic carbocycles. The van der Waals surface area contributed by atoms with Gasteiger partial charge in [-0.3, -0.25) is 4.79 Å². The van der Waals surface area contributed by atoms with Crippen molar-refractivity contribution in [2.45, 2.75) is 19.3 Å². The average Bonchev–Trinajstić information content (AvgIpc) is 3.07. The summed E-state index contributed by atoms with van der Waals surface area (Å²) in [5, 5.41) is 20.2. The lowest BCUT2D eigenvalue weighted by molar-refractivity contribution is -0.157. The van der Waals surface area contributed by atoms with Gasteiger partial charge >= 0.3 is 5.97 Å². The Kier molecular flexibility index (Phi) is 3.59. The molecule has 2 N–H and O–H groups in total. The first-order chi connectivity index (χ1) is 13.6. The highest BCUT2D eigenvalue weighted by atomic mass is 16.5. The van der Waals surface area contributed by atoms with Crippen LogP contribution in [0.5, 0.6) is 0 Å². The third-order valence-electron chi connectivity index (χ3n) is 5.16. The number of esters is 1. The van der Waals surface area contributed by atoms with E-state index in [0.717, 1.165) is 10.9 Å². The summed E-state index contributed by atoms with van der Waals surface area (Å²) in [5.74, 6) is 4.91. The van der Waals surface area contributed by atoms with Crippen molar-refractivity contribution in [2.24, 2.45) is 0 Å². The van der Waals surface area contributed by atoms with E-state index in [-0.39, 0.29) is 36.4 Å². The number of ether oxygens (including phenoxy) is 1. The quantitative estimate of drug-likeness (QED) is 0.350. The predicted molar refractivity (Wildman–Crippen MR) is 99.3 cm³/mol. The maximum atomic E-state index is 13.0. The molecule has 0 saturated heterocycles. The first-order valence-electron chi connectivity index (χ1n) is 8.73. The number of benzene rings is 1. The monoisotopic (exact) mass is 374 g/mol. The highest BCUT2D eigenvalue weighted by molar-refractivity contribution is 5.91. The second kappa shape index (κ2) is 6.02. The Morgan fingerprint density at radius 3 is 2.89 bits per heavy atom. The number of aromatic nitrogens is 2. The number of fused-ring (bicyclic) bond motifs is 5. The zero-order chi connectivity index (χ0) is 19.4. The van der Waals surface area contributed by atoms with E-state index in [2.05, 4.69) is 11.8 Å². The normalized spacial score (nSPS) is 16.6. The van der Waals surface area contributed by atoms with Crippen LogP contribution in [0.3, 0.4) is 0 Å². The van der Waals surface area contributed by atoms with Crippen molar-refractivity contribution in [1.82, 2.24) is 9.55 Å². The van der Waals surface area contributed by atoms with E-state index in [1.807, 2.05) is 24.3 Å². The Bertz CT molecular complexity index is 1300. The van der Waals surface area contributed by atoms with Crippen LogP contribution in [-0.2, 0) is 22.7 Å². The maximum absolute atomic E-state index is 13.0. The minimum absolute atomic E-state index is 0.159. The van der Waals surface area contributed by atoms with Crippen LogP contribution in [0, 0.1) is 11.8 Å². The summed E-state index contributed by atoms with van der Waals surface area (Å²) in [6.07, 6.45) is -1.49. The molecule has 5 rings (SSSR count). The third kappa shape index (κ3) is 2.22. The molecule has 0 aliphatic carbocycles. The highest BCUT2D eigenvalue weighted by Crippen LogP contribution is 2.37. The Morgan fingerprint density at radius 2 is 2.07 bits per heavy atom. The van der Waals surface area contributed by atoms with E-state index in [0.29, 0.717) is 22.5 Å². The van der Waals surface area contributed by atoms with Crippen molar-refractivity contribution in [3.63, 3.8) is 0 Å². The summed E-state index contributed by atoms with van der Waals surface area (Å²) < 4.78 is 6.47. The standard InChI is InChI=1S/C21H14N2O5/c24-7-3-5-11-12-4-1-2-6-16(12)22-18-14(11)9-23-17(18)8-13-15(20(23)26)10-28-21(27)19(13)25/h1-2,4,6,8,19,24-25H,7,9-10H2/t19-/m0/s1. The Labute approximate surface area is 158 Å². The number of hydrogen-bond donors (Lipinski definition) is 2. The Hall–Kier alpha value is -3.47. The molecule has 2 aliphatic rings. The number of rotatable bonds is 0. The van der Waals surface area contributed by atoms with Gasteiger partial charge in [-0.05, 0) is 12.1 Å². The van der Waals surface area contributed by atoms with Crippen molar-refractivity contribution in [1.29, 1.82) is 0 Å². The van der Waals surface area contributed by atoms with Gasteiger partial charge in [0, 0.05) is 22.1 Å². The van der Waals surface area contributed by atoms with Crippen molar-refractivity contribution < 1.29 is 19.7 Å². The van der Waals surface area contributed by atoms with Gasteiger partial charge in [0.1, 0.15) is 13.2 Å². The molecule has 0 saturated carbocycles. The SMILES string of the molecule is O=C1OCc2c(cc3n(c2=O)Cc2c-3nc3ccccc3c2C#CCO)[C@@H]1O. The molecule has 28 heavy (non-hydrogen) atoms. The molecule has 4 heterocycles. The number of carbonyl (C=O) groups is 1. The fourth-order valence-corrected chi connectivity index (χ4v) is 3.85. The van der Waals surface area contributed by atoms with E-state index in [4.69, 9.17) is 14.8 Å². The summed E-state index contributed by atoms with van der Waals surface area (Å²) in [4.78, 5) is 29.4. The molecule has 0 radical (unpaired) electrons. The molecule has 3 aromatic rings. The third-order valence-corrected chi connectivity index (χ3v) is 5.16. The number of aliphatic hydroxyl groups excluding tert-OH is 2. The van der Waals surface area contributed by atoms with Crippen molar-refractivity contribution >= 4 is 16.9 Å². The molecule has 0 spiro atoms. The molecule has 0 unspecified atom stereocenters. The molecule has 7 nitrogen and oxygen atoms in total. The minimum Gasteiger partial charge on any atom is -0.458 e. The molecule has 2 aliphatic heterocycles. The highest BCUT2D eigenvalue weighted by Gasteiger charge is 2.34. The van der Waals surface area contributed by atoms with Crippen molar-refractivity contribution in [3.8, 4) is 23.2 Å². The first kappa shape index (κ1) is 16.7. The van der Waals surface area contributed by atoms with Crippen molar-refractivity contribution in [2.75, 3.05) is 6.61 Å². The van der Waals surface area contributed by atoms with E-state index < -0.39 is 12.1 Å². The lowest BCUT2D eigenvalue weighted by Crippen LogP contribution is -2.32. The first-order valence-corrected chi connectivity index (χ1v) is 8.73. The average molecular weight is 374 g/mol. The predicted octanol–water partition coefficient (Wildman–Crippen LogP) is 0.859. The van der Waals surface area contributed by atoms with Gasteiger partial charge in [-0.2, -0.15) is 0 Å². The second-order valence-corrected chi connectivity index (χ2v) is 6.66. The molecule has 138 valence electrons. The molecule has 7 heteroatoms. The second-order valence-electron chi connectivity index (χ2n) is 6.66. The molecule has 1 atom stereocenters. The van der Waals surface area contributed by atoms with Gasteiger partial charge in [-0.15, -0.1) is 0 Å². The Balaban J connectivity index is 1.83. The number of carbonyl (C=O) groups excluding carboxylic acids is 1. The van der Waals surface area contributed by atoms with Crippen LogP contribution < -0.4 is 5.56 Å². The fourth-order valence-electron chi connectivity index (χ4n) is 3.85. The fraction of sp³-hybridized carbons (Fsp3) is 0.190. The van der Waals surface area contributed by atoms with Gasteiger partial charge in [-0.1, -0.05) is 30.0 Å². The lowest BCUT2D eigenvalue weighted by Gasteiger charge is -2.21. The van der Waals surface area contributed by atoms with Gasteiger partial charge < -0.3 is 19.5 Å². The smallest absolute Gasteiger partial charge is 0.340 e. The molecular weight excluding hydrogens is 360 g/mol. The van der Waals surface area contributed by atoms with Crippen LogP contribution in [0.15, 0.2) is 35.1 Å². The summed E-state index contributed by atoms with van der Waals surface area (Å²) in [7, 11) is 0. The van der Waals surface area contributed by atoms with Gasteiger partial charge in [-0.25, -0.2) is 9.78 Å². The van der Waals surface area contributed by atoms with Gasteiger partial charge in [0.15, 0.2) is 6.10 Å². The zero-order valence-corrected chi connectivity index (χ0v) is 14.6. The van der Waals surface area contributed by atoms with Gasteiger partial charge in [0.2, 0.25) is 0 Å². The van der Waals surface area contributed by atoms with E-state index in [1.54, 1.807) is 10.6 Å². The lowest BCUT2D eigenvalue weighted by atomic mass is 9.99. The molecule has 2 aromatic heterocycles. The van der Waals surface area contributed by atoms with Crippen LogP contribution in [0.2, 0.25) is 0 Å². The summed E-state index contributed by atoms with van der Waals surface area (Å²) in [6.45, 7) is -0.167. The molecule has 0 bridgehead atoms. The zero-order valence-electron chi connectivity index (χ0n) is 14.6. The minimum atomic E-state index is -1.49. The van der Waals surface area contributed by atoms with Gasteiger partial charge in [0.05, 0.1) is 29.0 Å². The number of para-hydroxylation sites is 1. The number of hydrogen-bond acceptors (Lipinski definition) is 6. The van der Waals surface area contributed by atoms with Crippen LogP contribution in [0.25, 0.3) is 22.3 Å². The van der Waals surface area contributed by atoms with Crippen LogP contribution in [0.1, 0.15) is 28.4 Å². The number of cyclic esters (lactones) is 1. The molecule has 0 fully saturated rings. The van der Waals surface area contributed by atoms with Crippen LogP contribution >= 0.6 is 0 Å². The van der Waals surface area contributed by atoms with E-state index in [1.165, 1.54) is 0 Å². The Morgan fingerprint density at radius 1 is 1.25 bits per heavy atom. The van der Waals surface area contributed by atoms with Gasteiger partial charge in [0.25, 0.3) is 5.56 Å². The number of aliphatic hydroxyl groups is 2. The maximum Gasteiger partial charge on any atom is 0.340 e. The number of pyridine rings is 2. The van der Waals surface area contributed by atoms with E-state index >= 15 is 0 Å². The van der Waals surface area contributed by atoms with Crippen LogP contribution in [-0.4, -0.2) is 32.3 Å². The summed E-state index contributed by atoms with van der Waals surface area (Å²) in [6, 6.07) is 9.13. The molecular formula is C21H14N2O5. The van der Waals surface area contributed by atoms with Crippen LogP contribution in [0.4, 0.5) is 0 Å². The topological polar surface area (TPSA) is 102 Å². The number of nitrogens with zero attached hydrogens (tertiary/aromatic N) is 2. The summed E-state index contributed by atoms with van der Waals surface area (Å²) >= 11 is 0. The van der Waals surface area contributed by atoms with E-state index in [9.17, 15) is 14.7 Å². The summed E-state index contributed by atoms with van der Waals surface area (Å²) in [5.41, 5.74) is 3.54. The van der Waals surface area contributed by atoms with Crippen molar-refractivity contribution in [3.05, 3.63) is 62.9 Å².